The number of carbonyl (C=O) groups is 1. The smallest absolute Gasteiger partial charge is 0.228 e. The number of fused-ring (bicyclic) bond motifs is 1. The van der Waals surface area contributed by atoms with E-state index < -0.39 is 0 Å². The van der Waals surface area contributed by atoms with Gasteiger partial charge in [0.2, 0.25) is 5.91 Å². The molecule has 4 heterocycles. The van der Waals surface area contributed by atoms with Crippen LogP contribution < -0.4 is 4.90 Å². The van der Waals surface area contributed by atoms with Crippen LogP contribution in [0, 0.1) is 17.2 Å². The summed E-state index contributed by atoms with van der Waals surface area (Å²) >= 11 is 1.64. The van der Waals surface area contributed by atoms with Gasteiger partial charge >= 0.3 is 0 Å². The molecule has 6 nitrogen and oxygen atoms in total. The second-order valence-corrected chi connectivity index (χ2v) is 12.3. The number of rotatable bonds is 5. The highest BCUT2D eigenvalue weighted by Crippen LogP contribution is 2.43. The Bertz CT molecular complexity index is 1130. The summed E-state index contributed by atoms with van der Waals surface area (Å²) in [6.45, 7) is 11.2. The van der Waals surface area contributed by atoms with Crippen molar-refractivity contribution in [2.24, 2.45) is 5.92 Å². The molecule has 0 aromatic carbocycles. The van der Waals surface area contributed by atoms with Crippen molar-refractivity contribution in [3.05, 3.63) is 44.8 Å². The minimum absolute atomic E-state index is 0.0903. The van der Waals surface area contributed by atoms with Gasteiger partial charge in [-0.1, -0.05) is 26.3 Å². The largest absolute Gasteiger partial charge is 0.370 e. The number of nitriles is 1. The van der Waals surface area contributed by atoms with E-state index in [4.69, 9.17) is 9.72 Å². The lowest BCUT2D eigenvalue weighted by Gasteiger charge is -2.45. The third-order valence-electron chi connectivity index (χ3n) is 7.95. The van der Waals surface area contributed by atoms with E-state index in [9.17, 15) is 10.1 Å². The first-order valence-corrected chi connectivity index (χ1v) is 13.8. The first-order valence-electron chi connectivity index (χ1n) is 12.9. The summed E-state index contributed by atoms with van der Waals surface area (Å²) in [6.07, 6.45) is 4.75. The van der Waals surface area contributed by atoms with Gasteiger partial charge in [0.1, 0.15) is 11.9 Å². The molecule has 1 saturated heterocycles. The zero-order valence-electron chi connectivity index (χ0n) is 21.3. The number of piperazine rings is 1. The van der Waals surface area contributed by atoms with Gasteiger partial charge in [0.05, 0.1) is 35.9 Å². The topological polar surface area (TPSA) is 69.5 Å². The average molecular weight is 493 g/mol. The van der Waals surface area contributed by atoms with Gasteiger partial charge in [0, 0.05) is 42.4 Å². The van der Waals surface area contributed by atoms with E-state index in [1.165, 1.54) is 6.42 Å². The Balaban J connectivity index is 1.47. The SMILES string of the molecule is CC(C)C1CN(c2nc(C3CCC3)c3c(c2C#N)CC(C)(C)OC3)CCN1C(=O)Cc1cccs1. The van der Waals surface area contributed by atoms with Crippen LogP contribution in [-0.2, 0) is 29.0 Å². The molecule has 0 bridgehead atoms. The van der Waals surface area contributed by atoms with Crippen LogP contribution in [0.2, 0.25) is 0 Å². The molecular weight excluding hydrogens is 456 g/mol. The van der Waals surface area contributed by atoms with E-state index in [1.54, 1.807) is 11.3 Å². The predicted molar refractivity (Wildman–Crippen MR) is 139 cm³/mol. The Morgan fingerprint density at radius 3 is 2.74 bits per heavy atom. The number of anilines is 1. The van der Waals surface area contributed by atoms with Gasteiger partial charge in [-0.25, -0.2) is 4.98 Å². The van der Waals surface area contributed by atoms with E-state index in [1.807, 2.05) is 17.5 Å². The van der Waals surface area contributed by atoms with E-state index in [-0.39, 0.29) is 17.6 Å². The summed E-state index contributed by atoms with van der Waals surface area (Å²) in [5.74, 6) is 1.79. The van der Waals surface area contributed by atoms with Crippen LogP contribution in [0.5, 0.6) is 0 Å². The van der Waals surface area contributed by atoms with Gasteiger partial charge in [-0.15, -0.1) is 11.3 Å². The molecule has 2 aliphatic heterocycles. The number of pyridine rings is 1. The summed E-state index contributed by atoms with van der Waals surface area (Å²) in [5, 5.41) is 12.3. The second kappa shape index (κ2) is 9.55. The fourth-order valence-corrected chi connectivity index (χ4v) is 6.39. The van der Waals surface area contributed by atoms with Gasteiger partial charge in [-0.05, 0) is 49.6 Å². The molecule has 3 aliphatic rings. The summed E-state index contributed by atoms with van der Waals surface area (Å²) in [5.41, 5.74) is 3.85. The Labute approximate surface area is 212 Å². The summed E-state index contributed by atoms with van der Waals surface area (Å²) in [4.78, 5) is 23.9. The number of carbonyl (C=O) groups excluding carboxylic acids is 1. The average Bonchev–Trinajstić information content (AvgIpc) is 3.29. The van der Waals surface area contributed by atoms with Gasteiger partial charge in [-0.3, -0.25) is 4.79 Å². The zero-order valence-corrected chi connectivity index (χ0v) is 22.2. The van der Waals surface area contributed by atoms with Crippen LogP contribution in [0.1, 0.15) is 80.1 Å². The number of aromatic nitrogens is 1. The van der Waals surface area contributed by atoms with Crippen molar-refractivity contribution in [2.75, 3.05) is 24.5 Å². The van der Waals surface area contributed by atoms with Gasteiger partial charge in [0.15, 0.2) is 0 Å². The van der Waals surface area contributed by atoms with Crippen molar-refractivity contribution in [1.29, 1.82) is 5.26 Å². The van der Waals surface area contributed by atoms with Crippen LogP contribution >= 0.6 is 11.3 Å². The molecule has 186 valence electrons. The van der Waals surface area contributed by atoms with Crippen LogP contribution in [0.3, 0.4) is 0 Å². The third kappa shape index (κ3) is 4.71. The lowest BCUT2D eigenvalue weighted by atomic mass is 9.78. The molecule has 1 saturated carbocycles. The van der Waals surface area contributed by atoms with Gasteiger partial charge in [-0.2, -0.15) is 5.26 Å². The summed E-state index contributed by atoms with van der Waals surface area (Å²) in [6, 6.07) is 6.66. The Morgan fingerprint density at radius 2 is 2.11 bits per heavy atom. The number of hydrogen-bond acceptors (Lipinski definition) is 6. The van der Waals surface area contributed by atoms with Crippen molar-refractivity contribution < 1.29 is 9.53 Å². The highest BCUT2D eigenvalue weighted by atomic mass is 32.1. The fourth-order valence-electron chi connectivity index (χ4n) is 5.69. The van der Waals surface area contributed by atoms with Crippen LogP contribution in [0.4, 0.5) is 5.82 Å². The molecule has 35 heavy (non-hydrogen) atoms. The Kier molecular flexibility index (Phi) is 6.63. The maximum absolute atomic E-state index is 13.2. The van der Waals surface area contributed by atoms with Gasteiger partial charge in [0.25, 0.3) is 0 Å². The molecule has 0 radical (unpaired) electrons. The summed E-state index contributed by atoms with van der Waals surface area (Å²) < 4.78 is 6.16. The monoisotopic (exact) mass is 492 g/mol. The minimum atomic E-state index is -0.290. The molecule has 1 unspecified atom stereocenters. The number of thiophene rings is 1. The molecule has 0 spiro atoms. The molecular formula is C28H36N4O2S. The minimum Gasteiger partial charge on any atom is -0.370 e. The lowest BCUT2D eigenvalue weighted by molar-refractivity contribution is -0.134. The Hall–Kier alpha value is -2.43. The third-order valence-corrected chi connectivity index (χ3v) is 8.83. The zero-order chi connectivity index (χ0) is 24.7. The standard InChI is InChI=1S/C28H36N4O2S/c1-18(2)24-16-31(10-11-32(24)25(33)13-20-9-6-12-35-20)27-22(15-29)21-14-28(3,4)34-17-23(21)26(30-27)19-7-5-8-19/h6,9,12,18-19,24H,5,7-8,10-11,13-14,16-17H2,1-4H3. The predicted octanol–water partition coefficient (Wildman–Crippen LogP) is 5.05. The van der Waals surface area contributed by atoms with Crippen LogP contribution in [0.15, 0.2) is 17.5 Å². The molecule has 2 aromatic rings. The van der Waals surface area contributed by atoms with E-state index in [0.717, 1.165) is 46.8 Å². The van der Waals surface area contributed by atoms with Crippen molar-refractivity contribution in [3.8, 4) is 6.07 Å². The number of nitrogens with zero attached hydrogens (tertiary/aromatic N) is 4. The number of hydrogen-bond donors (Lipinski definition) is 0. The van der Waals surface area contributed by atoms with E-state index >= 15 is 0 Å². The molecule has 2 aromatic heterocycles. The normalized spacial score (nSPS) is 22.0. The summed E-state index contributed by atoms with van der Waals surface area (Å²) in [7, 11) is 0. The maximum Gasteiger partial charge on any atom is 0.228 e. The molecule has 1 aliphatic carbocycles. The van der Waals surface area contributed by atoms with Crippen molar-refractivity contribution in [3.63, 3.8) is 0 Å². The van der Waals surface area contributed by atoms with Crippen LogP contribution in [0.25, 0.3) is 0 Å². The fraction of sp³-hybridized carbons (Fsp3) is 0.607. The molecule has 7 heteroatoms. The van der Waals surface area contributed by atoms with Crippen LogP contribution in [-0.4, -0.2) is 47.1 Å². The quantitative estimate of drug-likeness (QED) is 0.584. The molecule has 2 fully saturated rings. The molecule has 1 amide bonds. The van der Waals surface area contributed by atoms with Crippen molar-refractivity contribution in [1.82, 2.24) is 9.88 Å². The molecule has 0 N–H and O–H groups in total. The first-order chi connectivity index (χ1) is 16.8. The molecule has 5 rings (SSSR count). The van der Waals surface area contributed by atoms with E-state index in [2.05, 4.69) is 43.6 Å². The first kappa shape index (κ1) is 24.3. The number of amides is 1. The van der Waals surface area contributed by atoms with E-state index in [0.29, 0.717) is 50.1 Å². The molecule has 1 atom stereocenters. The highest BCUT2D eigenvalue weighted by Gasteiger charge is 2.38. The van der Waals surface area contributed by atoms with Crippen molar-refractivity contribution in [2.45, 2.75) is 84.0 Å². The number of ether oxygens (including phenoxy) is 1. The Morgan fingerprint density at radius 1 is 1.31 bits per heavy atom. The lowest BCUT2D eigenvalue weighted by Crippen LogP contribution is -2.58. The van der Waals surface area contributed by atoms with Gasteiger partial charge < -0.3 is 14.5 Å². The maximum atomic E-state index is 13.2. The van der Waals surface area contributed by atoms with Crippen molar-refractivity contribution >= 4 is 23.1 Å². The highest BCUT2D eigenvalue weighted by molar-refractivity contribution is 7.10. The second-order valence-electron chi connectivity index (χ2n) is 11.2.